The standard InChI is InChI=1S/C21H24N6OS/c28-20(18-10-23-25-24-18)27-12-17-11-26(13-19-22-8-9-29-19)14-21(17,15-27)7-6-16-4-2-1-3-5-16/h1-5,8-10,17H,6-7,11-15H2,(H,23,24,25). The van der Waals surface area contributed by atoms with Gasteiger partial charge < -0.3 is 4.90 Å². The number of aryl methyl sites for hydroxylation is 1. The summed E-state index contributed by atoms with van der Waals surface area (Å²) in [5, 5.41) is 13.5. The number of thiazole rings is 1. The van der Waals surface area contributed by atoms with Crippen molar-refractivity contribution in [2.45, 2.75) is 19.4 Å². The molecule has 4 heterocycles. The molecule has 0 aliphatic carbocycles. The molecule has 29 heavy (non-hydrogen) atoms. The van der Waals surface area contributed by atoms with Gasteiger partial charge in [-0.15, -0.1) is 11.3 Å². The van der Waals surface area contributed by atoms with Crippen molar-refractivity contribution in [3.63, 3.8) is 0 Å². The van der Waals surface area contributed by atoms with E-state index in [0.717, 1.165) is 45.6 Å². The number of aromatic nitrogens is 4. The van der Waals surface area contributed by atoms with Gasteiger partial charge in [0.25, 0.3) is 5.91 Å². The third-order valence-corrected chi connectivity index (χ3v) is 7.11. The number of carbonyl (C=O) groups is 1. The highest BCUT2D eigenvalue weighted by atomic mass is 32.1. The van der Waals surface area contributed by atoms with Crippen LogP contribution in [-0.2, 0) is 13.0 Å². The summed E-state index contributed by atoms with van der Waals surface area (Å²) in [6.07, 6.45) is 5.51. The number of amides is 1. The number of carbonyl (C=O) groups excluding carboxylic acids is 1. The largest absolute Gasteiger partial charge is 0.336 e. The van der Waals surface area contributed by atoms with Crippen LogP contribution in [0.25, 0.3) is 0 Å². The van der Waals surface area contributed by atoms with Crippen LogP contribution < -0.4 is 0 Å². The van der Waals surface area contributed by atoms with E-state index in [1.165, 1.54) is 16.8 Å². The first kappa shape index (κ1) is 18.4. The van der Waals surface area contributed by atoms with E-state index in [4.69, 9.17) is 0 Å². The average molecular weight is 409 g/mol. The lowest BCUT2D eigenvalue weighted by Gasteiger charge is -2.29. The zero-order valence-corrected chi connectivity index (χ0v) is 17.0. The lowest BCUT2D eigenvalue weighted by molar-refractivity contribution is 0.0749. The Morgan fingerprint density at radius 2 is 2.14 bits per heavy atom. The third kappa shape index (κ3) is 3.70. The zero-order chi connectivity index (χ0) is 19.7. The molecule has 2 atom stereocenters. The fourth-order valence-corrected chi connectivity index (χ4v) is 5.61. The molecule has 5 rings (SSSR count). The van der Waals surface area contributed by atoms with Crippen molar-refractivity contribution in [2.24, 2.45) is 11.3 Å². The first-order chi connectivity index (χ1) is 14.2. The van der Waals surface area contributed by atoms with Crippen molar-refractivity contribution in [2.75, 3.05) is 26.2 Å². The number of nitrogens with zero attached hydrogens (tertiary/aromatic N) is 5. The minimum Gasteiger partial charge on any atom is -0.336 e. The number of aromatic amines is 1. The molecule has 2 saturated heterocycles. The van der Waals surface area contributed by atoms with Crippen LogP contribution >= 0.6 is 11.3 Å². The molecule has 2 aliphatic heterocycles. The molecular weight excluding hydrogens is 384 g/mol. The Balaban J connectivity index is 1.34. The number of nitrogens with one attached hydrogen (secondary N) is 1. The van der Waals surface area contributed by atoms with Crippen LogP contribution in [0.3, 0.4) is 0 Å². The third-order valence-electron chi connectivity index (χ3n) is 6.35. The van der Waals surface area contributed by atoms with Crippen molar-refractivity contribution >= 4 is 17.2 Å². The van der Waals surface area contributed by atoms with Crippen LogP contribution in [0.15, 0.2) is 48.1 Å². The van der Waals surface area contributed by atoms with E-state index >= 15 is 0 Å². The van der Waals surface area contributed by atoms with E-state index in [0.29, 0.717) is 11.6 Å². The Morgan fingerprint density at radius 1 is 1.24 bits per heavy atom. The molecule has 2 unspecified atom stereocenters. The average Bonchev–Trinajstić information content (AvgIpc) is 3.51. The number of fused-ring (bicyclic) bond motifs is 1. The summed E-state index contributed by atoms with van der Waals surface area (Å²) in [4.78, 5) is 21.8. The fourth-order valence-electron chi connectivity index (χ4n) is 4.95. The second-order valence-electron chi connectivity index (χ2n) is 8.18. The molecule has 7 nitrogen and oxygen atoms in total. The van der Waals surface area contributed by atoms with Crippen LogP contribution in [0.5, 0.6) is 0 Å². The molecule has 2 fully saturated rings. The SMILES string of the molecule is O=C(c1cn[nH]n1)N1CC2CN(Cc3nccs3)CC2(CCc2ccccc2)C1. The maximum atomic E-state index is 12.9. The van der Waals surface area contributed by atoms with Gasteiger partial charge in [0, 0.05) is 43.2 Å². The molecule has 0 spiro atoms. The minimum absolute atomic E-state index is 0.0151. The molecule has 2 aromatic heterocycles. The van der Waals surface area contributed by atoms with Crippen molar-refractivity contribution in [1.29, 1.82) is 0 Å². The van der Waals surface area contributed by atoms with Gasteiger partial charge in [-0.25, -0.2) is 4.98 Å². The topological polar surface area (TPSA) is 78.0 Å². The van der Waals surface area contributed by atoms with Crippen LogP contribution in [0.4, 0.5) is 0 Å². The number of H-pyrrole nitrogens is 1. The number of benzene rings is 1. The quantitative estimate of drug-likeness (QED) is 0.678. The summed E-state index contributed by atoms with van der Waals surface area (Å²) in [6, 6.07) is 10.7. The van der Waals surface area contributed by atoms with Crippen LogP contribution in [0, 0.1) is 11.3 Å². The molecule has 8 heteroatoms. The Bertz CT molecular complexity index is 945. The second kappa shape index (κ2) is 7.68. The van der Waals surface area contributed by atoms with Gasteiger partial charge >= 0.3 is 0 Å². The van der Waals surface area contributed by atoms with E-state index in [2.05, 4.69) is 55.6 Å². The first-order valence-corrected chi connectivity index (χ1v) is 10.9. The summed E-state index contributed by atoms with van der Waals surface area (Å²) in [5.41, 5.74) is 1.88. The summed E-state index contributed by atoms with van der Waals surface area (Å²) in [5.74, 6) is 0.459. The van der Waals surface area contributed by atoms with Crippen molar-refractivity contribution in [3.05, 3.63) is 64.4 Å². The molecule has 0 saturated carbocycles. The Labute approximate surface area is 173 Å². The molecule has 1 aromatic carbocycles. The van der Waals surface area contributed by atoms with Gasteiger partial charge in [0.1, 0.15) is 5.01 Å². The summed E-state index contributed by atoms with van der Waals surface area (Å²) >= 11 is 1.71. The summed E-state index contributed by atoms with van der Waals surface area (Å²) in [7, 11) is 0. The number of rotatable bonds is 6. The predicted octanol–water partition coefficient (Wildman–Crippen LogP) is 2.47. The van der Waals surface area contributed by atoms with E-state index < -0.39 is 0 Å². The molecule has 150 valence electrons. The number of likely N-dealkylation sites (tertiary alicyclic amines) is 2. The van der Waals surface area contributed by atoms with Gasteiger partial charge in [-0.1, -0.05) is 30.3 Å². The Hall–Kier alpha value is -2.58. The van der Waals surface area contributed by atoms with E-state index in [-0.39, 0.29) is 11.3 Å². The zero-order valence-electron chi connectivity index (χ0n) is 16.2. The van der Waals surface area contributed by atoms with Gasteiger partial charge in [-0.2, -0.15) is 15.4 Å². The van der Waals surface area contributed by atoms with E-state index in [1.807, 2.05) is 16.5 Å². The van der Waals surface area contributed by atoms with Crippen LogP contribution in [0.2, 0.25) is 0 Å². The predicted molar refractivity (Wildman–Crippen MR) is 110 cm³/mol. The van der Waals surface area contributed by atoms with Crippen LogP contribution in [-0.4, -0.2) is 62.3 Å². The monoisotopic (exact) mass is 408 g/mol. The van der Waals surface area contributed by atoms with Gasteiger partial charge in [-0.3, -0.25) is 9.69 Å². The molecule has 1 amide bonds. The van der Waals surface area contributed by atoms with E-state index in [1.54, 1.807) is 11.3 Å². The highest BCUT2D eigenvalue weighted by Gasteiger charge is 2.53. The van der Waals surface area contributed by atoms with Gasteiger partial charge in [0.15, 0.2) is 5.69 Å². The van der Waals surface area contributed by atoms with Crippen LogP contribution in [0.1, 0.15) is 27.5 Å². The normalized spacial score (nSPS) is 24.1. The molecule has 0 bridgehead atoms. The smallest absolute Gasteiger partial charge is 0.276 e. The maximum absolute atomic E-state index is 12.9. The Morgan fingerprint density at radius 3 is 2.90 bits per heavy atom. The number of hydrogen-bond donors (Lipinski definition) is 1. The fraction of sp³-hybridized carbons (Fsp3) is 0.429. The highest BCUT2D eigenvalue weighted by molar-refractivity contribution is 7.09. The summed E-state index contributed by atoms with van der Waals surface area (Å²) < 4.78 is 0. The van der Waals surface area contributed by atoms with Crippen molar-refractivity contribution < 1.29 is 4.79 Å². The number of hydrogen-bond acceptors (Lipinski definition) is 6. The van der Waals surface area contributed by atoms with Gasteiger partial charge in [0.05, 0.1) is 12.7 Å². The molecule has 2 aliphatic rings. The Kier molecular flexibility index (Phi) is 4.89. The second-order valence-corrected chi connectivity index (χ2v) is 9.16. The van der Waals surface area contributed by atoms with Gasteiger partial charge in [-0.05, 0) is 24.3 Å². The lowest BCUT2D eigenvalue weighted by Crippen LogP contribution is -2.37. The molecule has 3 aromatic rings. The van der Waals surface area contributed by atoms with Gasteiger partial charge in [0.2, 0.25) is 0 Å². The molecular formula is C21H24N6OS. The lowest BCUT2D eigenvalue weighted by atomic mass is 9.76. The molecule has 0 radical (unpaired) electrons. The van der Waals surface area contributed by atoms with E-state index in [9.17, 15) is 4.79 Å². The van der Waals surface area contributed by atoms with Crippen molar-refractivity contribution in [3.8, 4) is 0 Å². The van der Waals surface area contributed by atoms with Crippen molar-refractivity contribution in [1.82, 2.24) is 30.2 Å². The summed E-state index contributed by atoms with van der Waals surface area (Å²) in [6.45, 7) is 4.49. The first-order valence-electron chi connectivity index (χ1n) is 10.0. The maximum Gasteiger partial charge on any atom is 0.276 e. The highest BCUT2D eigenvalue weighted by Crippen LogP contribution is 2.46. The minimum atomic E-state index is -0.0151. The molecule has 1 N–H and O–H groups in total.